The van der Waals surface area contributed by atoms with Gasteiger partial charge in [0.05, 0.1) is 19.1 Å². The van der Waals surface area contributed by atoms with Crippen molar-refractivity contribution in [1.29, 1.82) is 0 Å². The SMILES string of the molecule is COCCn1nc(C(=O)N2CC(C(=O)O)C2)ccc1=O. The smallest absolute Gasteiger partial charge is 0.310 e. The number of aromatic nitrogens is 2. The summed E-state index contributed by atoms with van der Waals surface area (Å²) in [6.45, 7) is 0.920. The first-order chi connectivity index (χ1) is 9.52. The minimum absolute atomic E-state index is 0.129. The van der Waals surface area contributed by atoms with Gasteiger partial charge in [0.2, 0.25) is 0 Å². The molecular formula is C12H15N3O5. The van der Waals surface area contributed by atoms with Gasteiger partial charge >= 0.3 is 5.97 Å². The maximum Gasteiger partial charge on any atom is 0.310 e. The molecule has 1 aromatic heterocycles. The molecule has 1 aliphatic rings. The van der Waals surface area contributed by atoms with Gasteiger partial charge in [0.25, 0.3) is 11.5 Å². The van der Waals surface area contributed by atoms with Crippen LogP contribution in [0, 0.1) is 5.92 Å². The molecule has 20 heavy (non-hydrogen) atoms. The Morgan fingerprint density at radius 1 is 1.45 bits per heavy atom. The molecule has 2 rings (SSSR count). The summed E-state index contributed by atoms with van der Waals surface area (Å²) < 4.78 is 6.02. The zero-order chi connectivity index (χ0) is 14.7. The van der Waals surface area contributed by atoms with Crippen LogP contribution in [0.4, 0.5) is 0 Å². The lowest BCUT2D eigenvalue weighted by molar-refractivity contribution is -0.146. The second-order valence-corrected chi connectivity index (χ2v) is 4.52. The molecule has 0 saturated carbocycles. The second kappa shape index (κ2) is 5.83. The van der Waals surface area contributed by atoms with Crippen molar-refractivity contribution in [3.63, 3.8) is 0 Å². The molecule has 0 unspecified atom stereocenters. The molecule has 1 N–H and O–H groups in total. The number of ether oxygens (including phenoxy) is 1. The summed E-state index contributed by atoms with van der Waals surface area (Å²) in [5.41, 5.74) is -0.185. The normalized spacial score (nSPS) is 14.9. The van der Waals surface area contributed by atoms with Crippen LogP contribution in [0.2, 0.25) is 0 Å². The highest BCUT2D eigenvalue weighted by molar-refractivity contribution is 5.93. The van der Waals surface area contributed by atoms with Gasteiger partial charge in [0.1, 0.15) is 5.69 Å². The van der Waals surface area contributed by atoms with Crippen molar-refractivity contribution in [3.05, 3.63) is 28.2 Å². The summed E-state index contributed by atoms with van der Waals surface area (Å²) in [5.74, 6) is -1.79. The van der Waals surface area contributed by atoms with E-state index >= 15 is 0 Å². The Hall–Kier alpha value is -2.22. The van der Waals surface area contributed by atoms with E-state index in [-0.39, 0.29) is 36.8 Å². The number of likely N-dealkylation sites (tertiary alicyclic amines) is 1. The van der Waals surface area contributed by atoms with Crippen LogP contribution >= 0.6 is 0 Å². The van der Waals surface area contributed by atoms with Crippen LogP contribution < -0.4 is 5.56 Å². The molecule has 1 aliphatic heterocycles. The summed E-state index contributed by atoms with van der Waals surface area (Å²) >= 11 is 0. The first-order valence-corrected chi connectivity index (χ1v) is 6.12. The molecule has 1 aromatic rings. The second-order valence-electron chi connectivity index (χ2n) is 4.52. The fourth-order valence-electron chi connectivity index (χ4n) is 1.86. The Labute approximate surface area is 114 Å². The molecular weight excluding hydrogens is 266 g/mol. The first-order valence-electron chi connectivity index (χ1n) is 6.12. The largest absolute Gasteiger partial charge is 0.481 e. The summed E-state index contributed by atoms with van der Waals surface area (Å²) in [7, 11) is 1.51. The van der Waals surface area contributed by atoms with Crippen LogP contribution in [0.5, 0.6) is 0 Å². The minimum Gasteiger partial charge on any atom is -0.481 e. The van der Waals surface area contributed by atoms with E-state index in [2.05, 4.69) is 5.10 Å². The molecule has 0 bridgehead atoms. The highest BCUT2D eigenvalue weighted by Gasteiger charge is 2.36. The van der Waals surface area contributed by atoms with E-state index in [0.29, 0.717) is 6.61 Å². The van der Waals surface area contributed by atoms with Crippen LogP contribution in [0.25, 0.3) is 0 Å². The summed E-state index contributed by atoms with van der Waals surface area (Å²) in [4.78, 5) is 35.7. The molecule has 0 spiro atoms. The topological polar surface area (TPSA) is 102 Å². The number of aliphatic carboxylic acids is 1. The van der Waals surface area contributed by atoms with Gasteiger partial charge in [-0.15, -0.1) is 0 Å². The molecule has 2 heterocycles. The zero-order valence-corrected chi connectivity index (χ0v) is 11.0. The van der Waals surface area contributed by atoms with E-state index in [1.807, 2.05) is 0 Å². The Balaban J connectivity index is 2.07. The van der Waals surface area contributed by atoms with Crippen LogP contribution in [-0.2, 0) is 16.1 Å². The van der Waals surface area contributed by atoms with Gasteiger partial charge < -0.3 is 14.7 Å². The Kier molecular flexibility index (Phi) is 4.14. The third-order valence-corrected chi connectivity index (χ3v) is 3.11. The van der Waals surface area contributed by atoms with Crippen molar-refractivity contribution in [3.8, 4) is 0 Å². The van der Waals surface area contributed by atoms with Crippen molar-refractivity contribution in [2.24, 2.45) is 5.92 Å². The van der Waals surface area contributed by atoms with E-state index in [1.165, 1.54) is 24.1 Å². The fraction of sp³-hybridized carbons (Fsp3) is 0.500. The maximum atomic E-state index is 12.1. The number of nitrogens with zero attached hydrogens (tertiary/aromatic N) is 3. The highest BCUT2D eigenvalue weighted by Crippen LogP contribution is 2.17. The summed E-state index contributed by atoms with van der Waals surface area (Å²) in [6.07, 6.45) is 0. The Bertz CT molecular complexity index is 577. The van der Waals surface area contributed by atoms with E-state index in [9.17, 15) is 14.4 Å². The van der Waals surface area contributed by atoms with Crippen molar-refractivity contribution < 1.29 is 19.4 Å². The number of hydrogen-bond donors (Lipinski definition) is 1. The number of carbonyl (C=O) groups is 2. The van der Waals surface area contributed by atoms with Gasteiger partial charge in [-0.25, -0.2) is 4.68 Å². The molecule has 0 atom stereocenters. The van der Waals surface area contributed by atoms with E-state index in [0.717, 1.165) is 4.68 Å². The highest BCUT2D eigenvalue weighted by atomic mass is 16.5. The lowest BCUT2D eigenvalue weighted by Gasteiger charge is -2.36. The van der Waals surface area contributed by atoms with Crippen LogP contribution in [-0.4, -0.2) is 58.5 Å². The van der Waals surface area contributed by atoms with Crippen molar-refractivity contribution in [2.75, 3.05) is 26.8 Å². The number of rotatable bonds is 5. The average Bonchev–Trinajstić information content (AvgIpc) is 2.35. The molecule has 0 aliphatic carbocycles. The number of hydrogen-bond acceptors (Lipinski definition) is 5. The van der Waals surface area contributed by atoms with Gasteiger partial charge in [-0.1, -0.05) is 0 Å². The van der Waals surface area contributed by atoms with Crippen molar-refractivity contribution in [1.82, 2.24) is 14.7 Å². The predicted molar refractivity (Wildman–Crippen MR) is 67.4 cm³/mol. The molecule has 1 fully saturated rings. The quantitative estimate of drug-likeness (QED) is 0.746. The van der Waals surface area contributed by atoms with Gasteiger partial charge in [-0.05, 0) is 6.07 Å². The van der Waals surface area contributed by atoms with E-state index in [4.69, 9.17) is 9.84 Å². The number of carbonyl (C=O) groups excluding carboxylic acids is 1. The average molecular weight is 281 g/mol. The Morgan fingerprint density at radius 2 is 2.15 bits per heavy atom. The maximum absolute atomic E-state index is 12.1. The molecule has 8 nitrogen and oxygen atoms in total. The molecule has 1 saturated heterocycles. The predicted octanol–water partition coefficient (Wildman–Crippen LogP) is -0.954. The number of carboxylic acids is 1. The van der Waals surface area contributed by atoms with Crippen molar-refractivity contribution >= 4 is 11.9 Å². The molecule has 108 valence electrons. The minimum atomic E-state index is -0.910. The monoisotopic (exact) mass is 281 g/mol. The lowest BCUT2D eigenvalue weighted by atomic mass is 10.0. The van der Waals surface area contributed by atoms with Crippen LogP contribution in [0.3, 0.4) is 0 Å². The van der Waals surface area contributed by atoms with Crippen LogP contribution in [0.1, 0.15) is 10.5 Å². The lowest BCUT2D eigenvalue weighted by Crippen LogP contribution is -2.53. The first kappa shape index (κ1) is 14.2. The van der Waals surface area contributed by atoms with Gasteiger partial charge in [-0.2, -0.15) is 5.10 Å². The molecule has 1 amide bonds. The van der Waals surface area contributed by atoms with Gasteiger partial charge in [0.15, 0.2) is 0 Å². The third-order valence-electron chi connectivity index (χ3n) is 3.11. The van der Waals surface area contributed by atoms with Gasteiger partial charge in [0, 0.05) is 26.3 Å². The number of methoxy groups -OCH3 is 1. The molecule has 0 aromatic carbocycles. The Morgan fingerprint density at radius 3 is 2.75 bits per heavy atom. The molecule has 8 heteroatoms. The fourth-order valence-corrected chi connectivity index (χ4v) is 1.86. The van der Waals surface area contributed by atoms with Gasteiger partial charge in [-0.3, -0.25) is 14.4 Å². The number of amides is 1. The standard InChI is InChI=1S/C12H15N3O5/c1-20-5-4-15-10(16)3-2-9(13-15)11(17)14-6-8(7-14)12(18)19/h2-3,8H,4-7H2,1H3,(H,18,19). The third kappa shape index (κ3) is 2.85. The zero-order valence-electron chi connectivity index (χ0n) is 11.0. The molecule has 0 radical (unpaired) electrons. The summed E-state index contributed by atoms with van der Waals surface area (Å²) in [5, 5.41) is 12.7. The van der Waals surface area contributed by atoms with Crippen LogP contribution in [0.15, 0.2) is 16.9 Å². The van der Waals surface area contributed by atoms with Crippen molar-refractivity contribution in [2.45, 2.75) is 6.54 Å². The number of carboxylic acid groups (broad SMARTS) is 1. The summed E-state index contributed by atoms with van der Waals surface area (Å²) in [6, 6.07) is 2.62. The van der Waals surface area contributed by atoms with E-state index in [1.54, 1.807) is 0 Å². The van der Waals surface area contributed by atoms with E-state index < -0.39 is 11.9 Å².